The minimum Gasteiger partial charge on any atom is -0.389 e. The van der Waals surface area contributed by atoms with Crippen molar-refractivity contribution in [3.63, 3.8) is 0 Å². The van der Waals surface area contributed by atoms with Crippen LogP contribution in [0, 0.1) is 5.92 Å². The Morgan fingerprint density at radius 2 is 2.06 bits per heavy atom. The maximum Gasteiger partial charge on any atom is 0.106 e. The molecule has 1 aromatic carbocycles. The summed E-state index contributed by atoms with van der Waals surface area (Å²) in [4.78, 5) is 0.435. The van der Waals surface area contributed by atoms with Crippen LogP contribution in [0.5, 0.6) is 0 Å². The monoisotopic (exact) mass is 314 g/mol. The van der Waals surface area contributed by atoms with Gasteiger partial charge in [0.2, 0.25) is 0 Å². The van der Waals surface area contributed by atoms with Crippen molar-refractivity contribution < 1.29 is 0 Å². The molecule has 0 amide bonds. The molecule has 0 aliphatic heterocycles. The summed E-state index contributed by atoms with van der Waals surface area (Å²) >= 11 is 8.51. The van der Waals surface area contributed by atoms with E-state index in [1.807, 2.05) is 18.2 Å². The molecular formula is C13H19BrN2S. The van der Waals surface area contributed by atoms with E-state index in [1.165, 1.54) is 12.8 Å². The Bertz CT molecular complexity index is 389. The lowest BCUT2D eigenvalue weighted by molar-refractivity contribution is 0.519. The summed E-state index contributed by atoms with van der Waals surface area (Å²) in [7, 11) is 0. The lowest BCUT2D eigenvalue weighted by Gasteiger charge is -2.16. The summed E-state index contributed by atoms with van der Waals surface area (Å²) in [6, 6.07) is 5.93. The molecule has 4 heteroatoms. The number of benzene rings is 1. The molecule has 1 rings (SSSR count). The Morgan fingerprint density at radius 1 is 1.41 bits per heavy atom. The van der Waals surface area contributed by atoms with Crippen LogP contribution in [-0.4, -0.2) is 11.5 Å². The van der Waals surface area contributed by atoms with Crippen LogP contribution in [0.2, 0.25) is 0 Å². The number of hydrogen-bond donors (Lipinski definition) is 2. The largest absolute Gasteiger partial charge is 0.389 e. The molecule has 94 valence electrons. The number of nitrogens with two attached hydrogens (primary N) is 1. The highest BCUT2D eigenvalue weighted by molar-refractivity contribution is 9.10. The van der Waals surface area contributed by atoms with E-state index in [9.17, 15) is 0 Å². The molecule has 0 spiro atoms. The third-order valence-electron chi connectivity index (χ3n) is 2.98. The highest BCUT2D eigenvalue weighted by Crippen LogP contribution is 2.22. The SMILES string of the molecule is CCC(CC)CNc1cc(Br)ccc1C(N)=S. The van der Waals surface area contributed by atoms with Gasteiger partial charge < -0.3 is 11.1 Å². The third kappa shape index (κ3) is 4.28. The summed E-state index contributed by atoms with van der Waals surface area (Å²) in [6.07, 6.45) is 2.36. The first-order valence-corrected chi connectivity index (χ1v) is 7.11. The van der Waals surface area contributed by atoms with Crippen molar-refractivity contribution in [2.24, 2.45) is 11.7 Å². The Hall–Kier alpha value is -0.610. The summed E-state index contributed by atoms with van der Waals surface area (Å²) in [5.41, 5.74) is 7.64. The summed E-state index contributed by atoms with van der Waals surface area (Å²) in [5, 5.41) is 3.44. The van der Waals surface area contributed by atoms with Crippen LogP contribution in [0.4, 0.5) is 5.69 Å². The van der Waals surface area contributed by atoms with E-state index in [0.29, 0.717) is 10.9 Å². The molecule has 3 N–H and O–H groups in total. The molecule has 0 radical (unpaired) electrons. The number of halogens is 1. The summed E-state index contributed by atoms with van der Waals surface area (Å²) in [5.74, 6) is 0.688. The Balaban J connectivity index is 2.81. The van der Waals surface area contributed by atoms with Crippen LogP contribution in [0.3, 0.4) is 0 Å². The molecule has 0 saturated heterocycles. The minimum atomic E-state index is 0.435. The van der Waals surface area contributed by atoms with Crippen molar-refractivity contribution in [1.29, 1.82) is 0 Å². The van der Waals surface area contributed by atoms with Gasteiger partial charge in [-0.2, -0.15) is 0 Å². The molecule has 0 unspecified atom stereocenters. The molecule has 0 aliphatic rings. The zero-order valence-corrected chi connectivity index (χ0v) is 12.7. The Morgan fingerprint density at radius 3 is 2.59 bits per heavy atom. The number of rotatable bonds is 6. The van der Waals surface area contributed by atoms with Crippen molar-refractivity contribution >= 4 is 38.8 Å². The second-order valence-corrected chi connectivity index (χ2v) is 5.47. The molecule has 0 aliphatic carbocycles. The Labute approximate surface area is 117 Å². The molecule has 0 fully saturated rings. The van der Waals surface area contributed by atoms with Gasteiger partial charge in [-0.3, -0.25) is 0 Å². The zero-order chi connectivity index (χ0) is 12.8. The zero-order valence-electron chi connectivity index (χ0n) is 10.3. The van der Waals surface area contributed by atoms with E-state index in [-0.39, 0.29) is 0 Å². The molecule has 0 heterocycles. The van der Waals surface area contributed by atoms with Crippen LogP contribution in [-0.2, 0) is 0 Å². The first-order chi connectivity index (χ1) is 8.08. The van der Waals surface area contributed by atoms with Gasteiger partial charge in [0, 0.05) is 22.3 Å². The first kappa shape index (κ1) is 14.5. The van der Waals surface area contributed by atoms with Crippen LogP contribution in [0.1, 0.15) is 32.3 Å². The molecular weight excluding hydrogens is 296 g/mol. The predicted molar refractivity (Wildman–Crippen MR) is 82.6 cm³/mol. The smallest absolute Gasteiger partial charge is 0.106 e. The van der Waals surface area contributed by atoms with Gasteiger partial charge in [-0.05, 0) is 24.1 Å². The molecule has 1 aromatic rings. The van der Waals surface area contributed by atoms with Crippen LogP contribution >= 0.6 is 28.1 Å². The van der Waals surface area contributed by atoms with Crippen molar-refractivity contribution in [3.05, 3.63) is 28.2 Å². The van der Waals surface area contributed by atoms with E-state index < -0.39 is 0 Å². The van der Waals surface area contributed by atoms with Gasteiger partial charge >= 0.3 is 0 Å². The van der Waals surface area contributed by atoms with Gasteiger partial charge in [-0.25, -0.2) is 0 Å². The van der Waals surface area contributed by atoms with Crippen LogP contribution in [0.15, 0.2) is 22.7 Å². The second-order valence-electron chi connectivity index (χ2n) is 4.12. The maximum absolute atomic E-state index is 5.71. The fraction of sp³-hybridized carbons (Fsp3) is 0.462. The molecule has 2 nitrogen and oxygen atoms in total. The van der Waals surface area contributed by atoms with E-state index in [2.05, 4.69) is 35.1 Å². The second kappa shape index (κ2) is 6.97. The lowest BCUT2D eigenvalue weighted by atomic mass is 10.0. The molecule has 0 bridgehead atoms. The van der Waals surface area contributed by atoms with Gasteiger partial charge in [0.1, 0.15) is 4.99 Å². The van der Waals surface area contributed by atoms with Gasteiger partial charge in [-0.1, -0.05) is 54.8 Å². The Kier molecular flexibility index (Phi) is 5.92. The maximum atomic E-state index is 5.71. The van der Waals surface area contributed by atoms with E-state index in [4.69, 9.17) is 18.0 Å². The first-order valence-electron chi connectivity index (χ1n) is 5.91. The predicted octanol–water partition coefficient (Wildman–Crippen LogP) is 3.93. The third-order valence-corrected chi connectivity index (χ3v) is 3.70. The van der Waals surface area contributed by atoms with Gasteiger partial charge in [0.05, 0.1) is 0 Å². The van der Waals surface area contributed by atoms with Crippen molar-refractivity contribution in [1.82, 2.24) is 0 Å². The van der Waals surface area contributed by atoms with E-state index in [1.54, 1.807) is 0 Å². The van der Waals surface area contributed by atoms with E-state index >= 15 is 0 Å². The van der Waals surface area contributed by atoms with E-state index in [0.717, 1.165) is 22.3 Å². The van der Waals surface area contributed by atoms with Crippen LogP contribution in [0.25, 0.3) is 0 Å². The molecule has 0 aromatic heterocycles. The number of nitrogens with one attached hydrogen (secondary N) is 1. The normalized spacial score (nSPS) is 10.6. The standard InChI is InChI=1S/C13H19BrN2S/c1-3-9(4-2)8-16-12-7-10(14)5-6-11(12)13(15)17/h5-7,9,16H,3-4,8H2,1-2H3,(H2,15,17). The fourth-order valence-electron chi connectivity index (χ4n) is 1.71. The lowest BCUT2D eigenvalue weighted by Crippen LogP contribution is -2.17. The van der Waals surface area contributed by atoms with Gasteiger partial charge in [-0.15, -0.1) is 0 Å². The van der Waals surface area contributed by atoms with Crippen molar-refractivity contribution in [2.75, 3.05) is 11.9 Å². The molecule has 17 heavy (non-hydrogen) atoms. The number of thiocarbonyl (C=S) groups is 1. The molecule has 0 saturated carbocycles. The highest BCUT2D eigenvalue weighted by Gasteiger charge is 2.08. The highest BCUT2D eigenvalue weighted by atomic mass is 79.9. The summed E-state index contributed by atoms with van der Waals surface area (Å²) < 4.78 is 1.03. The number of hydrogen-bond acceptors (Lipinski definition) is 2. The van der Waals surface area contributed by atoms with Crippen LogP contribution < -0.4 is 11.1 Å². The minimum absolute atomic E-state index is 0.435. The van der Waals surface area contributed by atoms with Gasteiger partial charge in [0.25, 0.3) is 0 Å². The average molecular weight is 315 g/mol. The quantitative estimate of drug-likeness (QED) is 0.781. The summed E-state index contributed by atoms with van der Waals surface area (Å²) in [6.45, 7) is 5.38. The fourth-order valence-corrected chi connectivity index (χ4v) is 2.25. The topological polar surface area (TPSA) is 38.0 Å². The average Bonchev–Trinajstić information content (AvgIpc) is 2.30. The van der Waals surface area contributed by atoms with Gasteiger partial charge in [0.15, 0.2) is 0 Å². The van der Waals surface area contributed by atoms with Crippen molar-refractivity contribution in [2.45, 2.75) is 26.7 Å². The van der Waals surface area contributed by atoms with Crippen molar-refractivity contribution in [3.8, 4) is 0 Å². The number of anilines is 1. The molecule has 0 atom stereocenters.